The Morgan fingerprint density at radius 3 is 2.82 bits per heavy atom. The number of likely N-dealkylation sites (N-methyl/N-ethyl adjacent to an activating group) is 1. The lowest BCUT2D eigenvalue weighted by Crippen LogP contribution is -2.32. The van der Waals surface area contributed by atoms with Crippen molar-refractivity contribution in [1.29, 1.82) is 0 Å². The number of carbonyl (C=O) groups is 1. The maximum Gasteiger partial charge on any atom is 0.233 e. The lowest BCUT2D eigenvalue weighted by molar-refractivity contribution is -0.119. The van der Waals surface area contributed by atoms with Crippen molar-refractivity contribution in [2.45, 2.75) is 13.0 Å². The number of phenolic OH excluding ortho intramolecular Hbond substituents is 1. The van der Waals surface area contributed by atoms with Crippen LogP contribution in [0, 0.1) is 0 Å². The van der Waals surface area contributed by atoms with E-state index in [1.54, 1.807) is 32.4 Å². The van der Waals surface area contributed by atoms with Gasteiger partial charge in [-0.15, -0.1) is 0 Å². The van der Waals surface area contributed by atoms with Crippen molar-refractivity contribution in [3.8, 4) is 11.5 Å². The Morgan fingerprint density at radius 1 is 1.53 bits per heavy atom. The molecule has 3 N–H and O–H groups in total. The van der Waals surface area contributed by atoms with E-state index < -0.39 is 0 Å². The molecule has 0 bridgehead atoms. The number of ether oxygens (including phenoxy) is 1. The van der Waals surface area contributed by atoms with Gasteiger partial charge >= 0.3 is 0 Å². The van der Waals surface area contributed by atoms with Crippen LogP contribution in [0.25, 0.3) is 0 Å². The second-order valence-corrected chi connectivity index (χ2v) is 3.70. The Hall–Kier alpha value is -1.75. The summed E-state index contributed by atoms with van der Waals surface area (Å²) in [7, 11) is 3.15. The summed E-state index contributed by atoms with van der Waals surface area (Å²) in [5, 5.41) is 15.3. The van der Waals surface area contributed by atoms with E-state index in [0.29, 0.717) is 11.3 Å². The van der Waals surface area contributed by atoms with Gasteiger partial charge in [0.15, 0.2) is 0 Å². The topological polar surface area (TPSA) is 70.6 Å². The number of phenols is 1. The highest BCUT2D eigenvalue weighted by Crippen LogP contribution is 2.27. The molecular weight excluding hydrogens is 220 g/mol. The van der Waals surface area contributed by atoms with E-state index in [1.807, 2.05) is 6.92 Å². The van der Waals surface area contributed by atoms with Crippen molar-refractivity contribution in [3.05, 3.63) is 23.8 Å². The summed E-state index contributed by atoms with van der Waals surface area (Å²) in [5.41, 5.74) is 0.702. The Kier molecular flexibility index (Phi) is 4.78. The van der Waals surface area contributed by atoms with Crippen LogP contribution in [0.5, 0.6) is 11.5 Å². The van der Waals surface area contributed by atoms with Gasteiger partial charge < -0.3 is 20.5 Å². The van der Waals surface area contributed by atoms with Crippen LogP contribution in [0.15, 0.2) is 18.2 Å². The molecular formula is C12H18N2O3. The minimum atomic E-state index is -0.137. The molecule has 0 radical (unpaired) electrons. The molecule has 1 aromatic carbocycles. The molecule has 1 unspecified atom stereocenters. The van der Waals surface area contributed by atoms with Crippen molar-refractivity contribution in [2.24, 2.45) is 0 Å². The van der Waals surface area contributed by atoms with Gasteiger partial charge in [0.25, 0.3) is 0 Å². The van der Waals surface area contributed by atoms with Crippen molar-refractivity contribution in [1.82, 2.24) is 10.6 Å². The smallest absolute Gasteiger partial charge is 0.233 e. The predicted molar refractivity (Wildman–Crippen MR) is 65.1 cm³/mol. The Morgan fingerprint density at radius 2 is 2.24 bits per heavy atom. The highest BCUT2D eigenvalue weighted by Gasteiger charge is 2.12. The first-order chi connectivity index (χ1) is 8.08. The van der Waals surface area contributed by atoms with Gasteiger partial charge in [-0.25, -0.2) is 0 Å². The molecule has 1 rings (SSSR count). The first kappa shape index (κ1) is 13.3. The third-order valence-electron chi connectivity index (χ3n) is 2.55. The minimum Gasteiger partial charge on any atom is -0.508 e. The van der Waals surface area contributed by atoms with Crippen LogP contribution >= 0.6 is 0 Å². The summed E-state index contributed by atoms with van der Waals surface area (Å²) in [6, 6.07) is 4.87. The van der Waals surface area contributed by atoms with Gasteiger partial charge in [-0.05, 0) is 25.1 Å². The summed E-state index contributed by atoms with van der Waals surface area (Å²) in [5.74, 6) is 0.758. The second-order valence-electron chi connectivity index (χ2n) is 3.70. The number of amides is 1. The molecule has 5 heteroatoms. The number of aromatic hydroxyl groups is 1. The maximum absolute atomic E-state index is 11.1. The quantitative estimate of drug-likeness (QED) is 0.709. The zero-order chi connectivity index (χ0) is 12.8. The van der Waals surface area contributed by atoms with Crippen LogP contribution in [0.4, 0.5) is 0 Å². The molecule has 0 aliphatic heterocycles. The number of benzene rings is 1. The van der Waals surface area contributed by atoms with E-state index >= 15 is 0 Å². The standard InChI is InChI=1S/C12H18N2O3/c1-8(14-7-12(16)13-2)10-6-9(17-3)4-5-11(10)15/h4-6,8,14-15H,7H2,1-3H3,(H,13,16). The van der Waals surface area contributed by atoms with Crippen LogP contribution in [-0.4, -0.2) is 31.7 Å². The van der Waals surface area contributed by atoms with E-state index in [1.165, 1.54) is 0 Å². The van der Waals surface area contributed by atoms with Crippen molar-refractivity contribution >= 4 is 5.91 Å². The van der Waals surface area contributed by atoms with Crippen LogP contribution in [0.3, 0.4) is 0 Å². The van der Waals surface area contributed by atoms with Gasteiger partial charge in [0, 0.05) is 18.7 Å². The number of nitrogens with one attached hydrogen (secondary N) is 2. The first-order valence-electron chi connectivity index (χ1n) is 5.39. The van der Waals surface area contributed by atoms with E-state index in [0.717, 1.165) is 0 Å². The Balaban J connectivity index is 2.73. The predicted octanol–water partition coefficient (Wildman–Crippen LogP) is 0.797. The summed E-state index contributed by atoms with van der Waals surface area (Å²) < 4.78 is 5.09. The highest BCUT2D eigenvalue weighted by molar-refractivity contribution is 5.77. The van der Waals surface area contributed by atoms with E-state index in [-0.39, 0.29) is 24.2 Å². The molecule has 1 atom stereocenters. The lowest BCUT2D eigenvalue weighted by Gasteiger charge is -2.16. The third-order valence-corrected chi connectivity index (χ3v) is 2.55. The minimum absolute atomic E-state index is 0.0979. The Labute approximate surface area is 101 Å². The number of hydrogen-bond acceptors (Lipinski definition) is 4. The second kappa shape index (κ2) is 6.10. The summed E-state index contributed by atoms with van der Waals surface area (Å²) in [4.78, 5) is 11.1. The van der Waals surface area contributed by atoms with Crippen molar-refractivity contribution in [2.75, 3.05) is 20.7 Å². The molecule has 0 saturated carbocycles. The fourth-order valence-corrected chi connectivity index (χ4v) is 1.45. The molecule has 0 saturated heterocycles. The normalized spacial score (nSPS) is 11.9. The van der Waals surface area contributed by atoms with Crippen molar-refractivity contribution in [3.63, 3.8) is 0 Å². The van der Waals surface area contributed by atoms with Crippen LogP contribution in [-0.2, 0) is 4.79 Å². The highest BCUT2D eigenvalue weighted by atomic mass is 16.5. The fraction of sp³-hybridized carbons (Fsp3) is 0.417. The van der Waals surface area contributed by atoms with E-state index in [2.05, 4.69) is 10.6 Å². The summed E-state index contributed by atoms with van der Waals surface area (Å²) >= 11 is 0. The number of rotatable bonds is 5. The Bertz CT molecular complexity index is 393. The number of carbonyl (C=O) groups excluding carboxylic acids is 1. The molecule has 0 heterocycles. The number of hydrogen-bond donors (Lipinski definition) is 3. The average Bonchev–Trinajstić information content (AvgIpc) is 2.36. The van der Waals surface area contributed by atoms with Gasteiger partial charge in [0.1, 0.15) is 11.5 Å². The molecule has 0 aromatic heterocycles. The third kappa shape index (κ3) is 3.64. The lowest BCUT2D eigenvalue weighted by atomic mass is 10.1. The van der Waals surface area contributed by atoms with E-state index in [4.69, 9.17) is 4.74 Å². The SMILES string of the molecule is CNC(=O)CNC(C)c1cc(OC)ccc1O. The van der Waals surface area contributed by atoms with E-state index in [9.17, 15) is 9.90 Å². The maximum atomic E-state index is 11.1. The van der Waals surface area contributed by atoms with Gasteiger partial charge in [-0.2, -0.15) is 0 Å². The molecule has 17 heavy (non-hydrogen) atoms. The summed E-state index contributed by atoms with van der Waals surface area (Å²) in [6.45, 7) is 2.08. The zero-order valence-corrected chi connectivity index (χ0v) is 10.3. The summed E-state index contributed by atoms with van der Waals surface area (Å²) in [6.07, 6.45) is 0. The first-order valence-corrected chi connectivity index (χ1v) is 5.39. The van der Waals surface area contributed by atoms with Crippen LogP contribution < -0.4 is 15.4 Å². The average molecular weight is 238 g/mol. The van der Waals surface area contributed by atoms with Gasteiger partial charge in [-0.1, -0.05) is 0 Å². The molecule has 0 fully saturated rings. The monoisotopic (exact) mass is 238 g/mol. The molecule has 94 valence electrons. The van der Waals surface area contributed by atoms with Gasteiger partial charge in [-0.3, -0.25) is 4.79 Å². The molecule has 1 aromatic rings. The van der Waals surface area contributed by atoms with Gasteiger partial charge in [0.2, 0.25) is 5.91 Å². The molecule has 0 aliphatic rings. The molecule has 0 aliphatic carbocycles. The fourth-order valence-electron chi connectivity index (χ4n) is 1.45. The zero-order valence-electron chi connectivity index (χ0n) is 10.3. The van der Waals surface area contributed by atoms with Crippen LogP contribution in [0.2, 0.25) is 0 Å². The largest absolute Gasteiger partial charge is 0.508 e. The van der Waals surface area contributed by atoms with Gasteiger partial charge in [0.05, 0.1) is 13.7 Å². The molecule has 5 nitrogen and oxygen atoms in total. The van der Waals surface area contributed by atoms with Crippen molar-refractivity contribution < 1.29 is 14.6 Å². The van der Waals surface area contributed by atoms with Crippen LogP contribution in [0.1, 0.15) is 18.5 Å². The molecule has 1 amide bonds. The molecule has 0 spiro atoms. The number of methoxy groups -OCH3 is 1.